The number of nitrogens with one attached hydrogen (secondary N) is 1. The molecule has 0 fully saturated rings. The quantitative estimate of drug-likeness (QED) is 0.751. The van der Waals surface area contributed by atoms with Gasteiger partial charge in [0, 0.05) is 6.54 Å². The van der Waals surface area contributed by atoms with Crippen LogP contribution in [-0.4, -0.2) is 24.5 Å². The summed E-state index contributed by atoms with van der Waals surface area (Å²) in [6.45, 7) is 6.48. The summed E-state index contributed by atoms with van der Waals surface area (Å²) in [5, 5.41) is 2.81. The number of hydrogen-bond donors (Lipinski definition) is 2. The Morgan fingerprint density at radius 2 is 1.86 bits per heavy atom. The van der Waals surface area contributed by atoms with Crippen molar-refractivity contribution in [3.05, 3.63) is 35.4 Å². The first-order valence-electron chi connectivity index (χ1n) is 7.28. The van der Waals surface area contributed by atoms with Crippen LogP contribution in [0.5, 0.6) is 0 Å². The van der Waals surface area contributed by atoms with Gasteiger partial charge in [-0.3, -0.25) is 4.79 Å². The maximum atomic E-state index is 11.9. The summed E-state index contributed by atoms with van der Waals surface area (Å²) >= 11 is 0. The smallest absolute Gasteiger partial charge is 0.338 e. The Kier molecular flexibility index (Phi) is 6.88. The van der Waals surface area contributed by atoms with Gasteiger partial charge in [0.2, 0.25) is 5.91 Å². The number of carbonyl (C=O) groups is 2. The van der Waals surface area contributed by atoms with E-state index in [-0.39, 0.29) is 17.8 Å². The molecule has 0 aliphatic carbocycles. The predicted molar refractivity (Wildman–Crippen MR) is 81.7 cm³/mol. The standard InChI is InChI=1S/C16H24N2O3/c1-4-11(3)14(17)15(19)18-10-12-6-8-13(9-7-12)16(20)21-5-2/h6-9,11,14H,4-5,10,17H2,1-3H3,(H,18,19). The van der Waals surface area contributed by atoms with E-state index < -0.39 is 6.04 Å². The molecular weight excluding hydrogens is 268 g/mol. The normalized spacial score (nSPS) is 13.3. The molecule has 0 aliphatic rings. The van der Waals surface area contributed by atoms with Gasteiger partial charge in [0.25, 0.3) is 0 Å². The maximum Gasteiger partial charge on any atom is 0.338 e. The molecule has 0 spiro atoms. The molecule has 3 N–H and O–H groups in total. The summed E-state index contributed by atoms with van der Waals surface area (Å²) in [5.74, 6) is -0.345. The number of nitrogens with two attached hydrogens (primary N) is 1. The Balaban J connectivity index is 2.53. The fourth-order valence-corrected chi connectivity index (χ4v) is 1.79. The van der Waals surface area contributed by atoms with E-state index in [0.29, 0.717) is 18.7 Å². The minimum Gasteiger partial charge on any atom is -0.462 e. The van der Waals surface area contributed by atoms with Crippen LogP contribution < -0.4 is 11.1 Å². The molecule has 21 heavy (non-hydrogen) atoms. The van der Waals surface area contributed by atoms with Crippen molar-refractivity contribution in [2.45, 2.75) is 39.8 Å². The summed E-state index contributed by atoms with van der Waals surface area (Å²) < 4.78 is 4.91. The number of carbonyl (C=O) groups excluding carboxylic acids is 2. The molecular formula is C16H24N2O3. The van der Waals surface area contributed by atoms with E-state index in [1.54, 1.807) is 31.2 Å². The van der Waals surface area contributed by atoms with E-state index in [0.717, 1.165) is 12.0 Å². The molecule has 0 saturated carbocycles. The first-order chi connectivity index (χ1) is 9.99. The third-order valence-corrected chi connectivity index (χ3v) is 3.49. The molecule has 2 unspecified atom stereocenters. The Morgan fingerprint density at radius 3 is 2.38 bits per heavy atom. The lowest BCUT2D eigenvalue weighted by Crippen LogP contribution is -2.44. The highest BCUT2D eigenvalue weighted by Gasteiger charge is 2.18. The zero-order valence-corrected chi connectivity index (χ0v) is 12.9. The minimum atomic E-state index is -0.492. The molecule has 0 aromatic heterocycles. The van der Waals surface area contributed by atoms with Gasteiger partial charge < -0.3 is 15.8 Å². The van der Waals surface area contributed by atoms with Gasteiger partial charge in [-0.15, -0.1) is 0 Å². The van der Waals surface area contributed by atoms with Crippen molar-refractivity contribution < 1.29 is 14.3 Å². The first kappa shape index (κ1) is 17.2. The van der Waals surface area contributed by atoms with Crippen molar-refractivity contribution in [1.82, 2.24) is 5.32 Å². The van der Waals surface area contributed by atoms with E-state index >= 15 is 0 Å². The minimum absolute atomic E-state index is 0.149. The van der Waals surface area contributed by atoms with Gasteiger partial charge in [0.1, 0.15) is 0 Å². The Bertz CT molecular complexity index is 471. The number of rotatable bonds is 7. The highest BCUT2D eigenvalue weighted by atomic mass is 16.5. The Labute approximate surface area is 125 Å². The van der Waals surface area contributed by atoms with E-state index in [2.05, 4.69) is 5.32 Å². The Hall–Kier alpha value is -1.88. The third-order valence-electron chi connectivity index (χ3n) is 3.49. The van der Waals surface area contributed by atoms with Gasteiger partial charge in [-0.05, 0) is 30.5 Å². The molecule has 116 valence electrons. The predicted octanol–water partition coefficient (Wildman–Crippen LogP) is 1.85. The molecule has 5 heteroatoms. The molecule has 1 aromatic rings. The molecule has 0 aliphatic heterocycles. The van der Waals surface area contributed by atoms with Crippen molar-refractivity contribution >= 4 is 11.9 Å². The fourth-order valence-electron chi connectivity index (χ4n) is 1.79. The third kappa shape index (κ3) is 5.19. The number of ether oxygens (including phenoxy) is 1. The van der Waals surface area contributed by atoms with Crippen molar-refractivity contribution in [2.24, 2.45) is 11.7 Å². The van der Waals surface area contributed by atoms with E-state index in [1.807, 2.05) is 13.8 Å². The molecule has 1 aromatic carbocycles. The summed E-state index contributed by atoms with van der Waals surface area (Å²) in [6, 6.07) is 6.47. The van der Waals surface area contributed by atoms with Crippen LogP contribution in [-0.2, 0) is 16.1 Å². The van der Waals surface area contributed by atoms with E-state index in [4.69, 9.17) is 10.5 Å². The number of hydrogen-bond acceptors (Lipinski definition) is 4. The number of benzene rings is 1. The average molecular weight is 292 g/mol. The molecule has 0 radical (unpaired) electrons. The topological polar surface area (TPSA) is 81.4 Å². The lowest BCUT2D eigenvalue weighted by atomic mass is 9.99. The zero-order chi connectivity index (χ0) is 15.8. The summed E-state index contributed by atoms with van der Waals surface area (Å²) in [7, 11) is 0. The average Bonchev–Trinajstić information content (AvgIpc) is 2.51. The van der Waals surface area contributed by atoms with Crippen LogP contribution in [0.3, 0.4) is 0 Å². The monoisotopic (exact) mass is 292 g/mol. The van der Waals surface area contributed by atoms with Gasteiger partial charge in [-0.1, -0.05) is 32.4 Å². The number of esters is 1. The van der Waals surface area contributed by atoms with Gasteiger partial charge in [0.05, 0.1) is 18.2 Å². The molecule has 1 amide bonds. The molecule has 5 nitrogen and oxygen atoms in total. The summed E-state index contributed by atoms with van der Waals surface area (Å²) in [6.07, 6.45) is 0.864. The zero-order valence-electron chi connectivity index (χ0n) is 12.9. The van der Waals surface area contributed by atoms with Crippen LogP contribution in [0.4, 0.5) is 0 Å². The summed E-state index contributed by atoms with van der Waals surface area (Å²) in [5.41, 5.74) is 7.27. The highest BCUT2D eigenvalue weighted by molar-refractivity contribution is 5.89. The van der Waals surface area contributed by atoms with Crippen LogP contribution >= 0.6 is 0 Å². The second-order valence-corrected chi connectivity index (χ2v) is 5.05. The van der Waals surface area contributed by atoms with Gasteiger partial charge in [-0.2, -0.15) is 0 Å². The van der Waals surface area contributed by atoms with Crippen molar-refractivity contribution in [3.63, 3.8) is 0 Å². The van der Waals surface area contributed by atoms with E-state index in [1.165, 1.54) is 0 Å². The first-order valence-corrected chi connectivity index (χ1v) is 7.28. The molecule has 1 rings (SSSR count). The lowest BCUT2D eigenvalue weighted by molar-refractivity contribution is -0.123. The van der Waals surface area contributed by atoms with Crippen LogP contribution in [0.15, 0.2) is 24.3 Å². The molecule has 0 saturated heterocycles. The van der Waals surface area contributed by atoms with Gasteiger partial charge >= 0.3 is 5.97 Å². The van der Waals surface area contributed by atoms with Crippen molar-refractivity contribution in [1.29, 1.82) is 0 Å². The van der Waals surface area contributed by atoms with Crippen molar-refractivity contribution in [2.75, 3.05) is 6.61 Å². The van der Waals surface area contributed by atoms with Gasteiger partial charge in [0.15, 0.2) is 0 Å². The van der Waals surface area contributed by atoms with Crippen LogP contribution in [0.2, 0.25) is 0 Å². The second-order valence-electron chi connectivity index (χ2n) is 5.05. The molecule has 0 bridgehead atoms. The summed E-state index contributed by atoms with van der Waals surface area (Å²) in [4.78, 5) is 23.4. The van der Waals surface area contributed by atoms with Crippen LogP contribution in [0, 0.1) is 5.92 Å². The molecule has 0 heterocycles. The Morgan fingerprint density at radius 1 is 1.24 bits per heavy atom. The second kappa shape index (κ2) is 8.42. The fraction of sp³-hybridized carbons (Fsp3) is 0.500. The highest BCUT2D eigenvalue weighted by Crippen LogP contribution is 2.08. The van der Waals surface area contributed by atoms with Gasteiger partial charge in [-0.25, -0.2) is 4.79 Å². The molecule has 2 atom stereocenters. The number of amides is 1. The SMILES string of the molecule is CCOC(=O)c1ccc(CNC(=O)C(N)C(C)CC)cc1. The largest absolute Gasteiger partial charge is 0.462 e. The maximum absolute atomic E-state index is 11.9. The van der Waals surface area contributed by atoms with Crippen LogP contribution in [0.25, 0.3) is 0 Å². The van der Waals surface area contributed by atoms with Crippen LogP contribution in [0.1, 0.15) is 43.1 Å². The lowest BCUT2D eigenvalue weighted by Gasteiger charge is -2.17. The van der Waals surface area contributed by atoms with Crippen molar-refractivity contribution in [3.8, 4) is 0 Å². The van der Waals surface area contributed by atoms with E-state index in [9.17, 15) is 9.59 Å².